The summed E-state index contributed by atoms with van der Waals surface area (Å²) in [6, 6.07) is 7.23. The smallest absolute Gasteiger partial charge is 0.265 e. The average molecular weight is 325 g/mol. The van der Waals surface area contributed by atoms with Crippen molar-refractivity contribution in [1.29, 1.82) is 0 Å². The number of anilines is 2. The lowest BCUT2D eigenvalue weighted by Gasteiger charge is -2.05. The second-order valence-corrected chi connectivity index (χ2v) is 6.15. The van der Waals surface area contributed by atoms with Crippen molar-refractivity contribution < 1.29 is 4.79 Å². The van der Waals surface area contributed by atoms with Crippen molar-refractivity contribution in [1.82, 2.24) is 0 Å². The standard InChI is InChI=1S/C13H13BrN2OS/c1-7-5-12(18-8(7)2)13(17)16-9-3-4-11(15)10(14)6-9/h3-6H,15H2,1-2H3,(H,16,17). The molecule has 0 atom stereocenters. The van der Waals surface area contributed by atoms with Gasteiger partial charge in [-0.25, -0.2) is 0 Å². The summed E-state index contributed by atoms with van der Waals surface area (Å²) < 4.78 is 0.777. The molecule has 1 amide bonds. The molecule has 0 saturated carbocycles. The SMILES string of the molecule is Cc1cc(C(=O)Nc2ccc(N)c(Br)c2)sc1C. The molecule has 3 N–H and O–H groups in total. The van der Waals surface area contributed by atoms with E-state index in [1.807, 2.05) is 19.9 Å². The third-order valence-electron chi connectivity index (χ3n) is 2.65. The molecule has 3 nitrogen and oxygen atoms in total. The van der Waals surface area contributed by atoms with E-state index < -0.39 is 0 Å². The van der Waals surface area contributed by atoms with E-state index in [0.29, 0.717) is 5.69 Å². The maximum atomic E-state index is 12.0. The van der Waals surface area contributed by atoms with Crippen LogP contribution in [0, 0.1) is 13.8 Å². The lowest BCUT2D eigenvalue weighted by atomic mass is 10.2. The van der Waals surface area contributed by atoms with Crippen LogP contribution in [0.15, 0.2) is 28.7 Å². The molecule has 0 fully saturated rings. The molecule has 0 aliphatic rings. The summed E-state index contributed by atoms with van der Waals surface area (Å²) in [5.74, 6) is -0.0899. The molecule has 0 bridgehead atoms. The Labute approximate surface area is 118 Å². The van der Waals surface area contributed by atoms with Gasteiger partial charge in [0.15, 0.2) is 0 Å². The lowest BCUT2D eigenvalue weighted by molar-refractivity contribution is 0.103. The number of halogens is 1. The molecule has 18 heavy (non-hydrogen) atoms. The van der Waals surface area contributed by atoms with E-state index in [1.54, 1.807) is 18.2 Å². The van der Waals surface area contributed by atoms with Crippen molar-refractivity contribution in [2.45, 2.75) is 13.8 Å². The molecule has 0 aliphatic carbocycles. The third-order valence-corrected chi connectivity index (χ3v) is 4.49. The molecule has 0 saturated heterocycles. The van der Waals surface area contributed by atoms with Gasteiger partial charge in [-0.15, -0.1) is 11.3 Å². The van der Waals surface area contributed by atoms with Crippen LogP contribution in [0.25, 0.3) is 0 Å². The van der Waals surface area contributed by atoms with Gasteiger partial charge >= 0.3 is 0 Å². The summed E-state index contributed by atoms with van der Waals surface area (Å²) in [6.07, 6.45) is 0. The Morgan fingerprint density at radius 2 is 2.06 bits per heavy atom. The fourth-order valence-electron chi connectivity index (χ4n) is 1.48. The van der Waals surface area contributed by atoms with Crippen LogP contribution in [0.4, 0.5) is 11.4 Å². The largest absolute Gasteiger partial charge is 0.398 e. The Bertz CT molecular complexity index is 588. The maximum absolute atomic E-state index is 12.0. The number of amides is 1. The predicted octanol–water partition coefficient (Wildman–Crippen LogP) is 3.96. The first-order valence-corrected chi connectivity index (χ1v) is 7.01. The monoisotopic (exact) mass is 324 g/mol. The van der Waals surface area contributed by atoms with E-state index in [-0.39, 0.29) is 5.91 Å². The summed E-state index contributed by atoms with van der Waals surface area (Å²) >= 11 is 4.83. The Balaban J connectivity index is 2.18. The van der Waals surface area contributed by atoms with Gasteiger partial charge in [0.2, 0.25) is 0 Å². The van der Waals surface area contributed by atoms with E-state index in [9.17, 15) is 4.79 Å². The van der Waals surface area contributed by atoms with Crippen molar-refractivity contribution in [3.8, 4) is 0 Å². The molecule has 0 radical (unpaired) electrons. The number of rotatable bonds is 2. The summed E-state index contributed by atoms with van der Waals surface area (Å²) in [6.45, 7) is 4.01. The zero-order chi connectivity index (χ0) is 13.3. The van der Waals surface area contributed by atoms with Crippen molar-refractivity contribution in [3.05, 3.63) is 44.1 Å². The Hall–Kier alpha value is -1.33. The molecule has 94 valence electrons. The van der Waals surface area contributed by atoms with Crippen LogP contribution in [0.1, 0.15) is 20.1 Å². The van der Waals surface area contributed by atoms with E-state index in [0.717, 1.165) is 20.6 Å². The Kier molecular flexibility index (Phi) is 3.73. The number of thiophene rings is 1. The number of hydrogen-bond donors (Lipinski definition) is 2. The fourth-order valence-corrected chi connectivity index (χ4v) is 2.79. The second-order valence-electron chi connectivity index (χ2n) is 4.04. The highest BCUT2D eigenvalue weighted by Gasteiger charge is 2.11. The topological polar surface area (TPSA) is 55.1 Å². The van der Waals surface area contributed by atoms with Crippen molar-refractivity contribution in [2.75, 3.05) is 11.1 Å². The molecule has 2 aromatic rings. The summed E-state index contributed by atoms with van der Waals surface area (Å²) in [7, 11) is 0. The fraction of sp³-hybridized carbons (Fsp3) is 0.154. The highest BCUT2D eigenvalue weighted by atomic mass is 79.9. The van der Waals surface area contributed by atoms with Gasteiger partial charge in [-0.2, -0.15) is 0 Å². The minimum Gasteiger partial charge on any atom is -0.398 e. The number of carbonyl (C=O) groups excluding carboxylic acids is 1. The number of benzene rings is 1. The number of carbonyl (C=O) groups is 1. The van der Waals surface area contributed by atoms with Crippen LogP contribution < -0.4 is 11.1 Å². The van der Waals surface area contributed by atoms with Gasteiger partial charge in [0.05, 0.1) is 4.88 Å². The summed E-state index contributed by atoms with van der Waals surface area (Å²) in [4.78, 5) is 13.9. The van der Waals surface area contributed by atoms with Crippen LogP contribution in [0.5, 0.6) is 0 Å². The van der Waals surface area contributed by atoms with Gasteiger partial charge < -0.3 is 11.1 Å². The van der Waals surface area contributed by atoms with Gasteiger partial charge in [-0.3, -0.25) is 4.79 Å². The second kappa shape index (κ2) is 5.12. The third kappa shape index (κ3) is 2.73. The van der Waals surface area contributed by atoms with Crippen molar-refractivity contribution >= 4 is 44.5 Å². The van der Waals surface area contributed by atoms with Crippen LogP contribution in [-0.2, 0) is 0 Å². The molecular weight excluding hydrogens is 312 g/mol. The number of aryl methyl sites for hydroxylation is 2. The molecule has 1 heterocycles. The quantitative estimate of drug-likeness (QED) is 0.821. The molecule has 0 unspecified atom stereocenters. The number of nitrogen functional groups attached to an aromatic ring is 1. The Morgan fingerprint density at radius 3 is 2.61 bits per heavy atom. The average Bonchev–Trinajstić information content (AvgIpc) is 2.65. The predicted molar refractivity (Wildman–Crippen MR) is 80.3 cm³/mol. The molecule has 0 spiro atoms. The van der Waals surface area contributed by atoms with Crippen LogP contribution >= 0.6 is 27.3 Å². The number of nitrogens with one attached hydrogen (secondary N) is 1. The van der Waals surface area contributed by atoms with Gasteiger partial charge in [0, 0.05) is 20.7 Å². The molecule has 0 aliphatic heterocycles. The molecule has 1 aromatic heterocycles. The van der Waals surface area contributed by atoms with E-state index in [4.69, 9.17) is 5.73 Å². The number of hydrogen-bond acceptors (Lipinski definition) is 3. The normalized spacial score (nSPS) is 10.4. The summed E-state index contributed by atoms with van der Waals surface area (Å²) in [5.41, 5.74) is 8.21. The minimum absolute atomic E-state index is 0.0899. The highest BCUT2D eigenvalue weighted by Crippen LogP contribution is 2.25. The lowest BCUT2D eigenvalue weighted by Crippen LogP contribution is -2.10. The van der Waals surface area contributed by atoms with Gasteiger partial charge in [-0.05, 0) is 59.6 Å². The van der Waals surface area contributed by atoms with Crippen molar-refractivity contribution in [3.63, 3.8) is 0 Å². The highest BCUT2D eigenvalue weighted by molar-refractivity contribution is 9.10. The molecule has 1 aromatic carbocycles. The van der Waals surface area contributed by atoms with E-state index in [2.05, 4.69) is 21.2 Å². The van der Waals surface area contributed by atoms with E-state index in [1.165, 1.54) is 16.2 Å². The zero-order valence-electron chi connectivity index (χ0n) is 10.1. The van der Waals surface area contributed by atoms with Gasteiger partial charge in [0.25, 0.3) is 5.91 Å². The van der Waals surface area contributed by atoms with E-state index >= 15 is 0 Å². The van der Waals surface area contributed by atoms with Crippen molar-refractivity contribution in [2.24, 2.45) is 0 Å². The maximum Gasteiger partial charge on any atom is 0.265 e. The first-order chi connectivity index (χ1) is 8.47. The number of nitrogens with two attached hydrogens (primary N) is 1. The summed E-state index contributed by atoms with van der Waals surface area (Å²) in [5, 5.41) is 2.85. The van der Waals surface area contributed by atoms with Gasteiger partial charge in [-0.1, -0.05) is 0 Å². The molecule has 5 heteroatoms. The molecule has 2 rings (SSSR count). The minimum atomic E-state index is -0.0899. The molecular formula is C13H13BrN2OS. The van der Waals surface area contributed by atoms with Crippen LogP contribution in [0.2, 0.25) is 0 Å². The zero-order valence-corrected chi connectivity index (χ0v) is 12.5. The van der Waals surface area contributed by atoms with Crippen LogP contribution in [0.3, 0.4) is 0 Å². The first kappa shape index (κ1) is 13.1. The Morgan fingerprint density at radius 1 is 1.33 bits per heavy atom. The van der Waals surface area contributed by atoms with Gasteiger partial charge in [0.1, 0.15) is 0 Å². The van der Waals surface area contributed by atoms with Crippen LogP contribution in [-0.4, -0.2) is 5.91 Å². The first-order valence-electron chi connectivity index (χ1n) is 5.41.